The molecule has 0 bridgehead atoms. The molecule has 1 amide bonds. The van der Waals surface area contributed by atoms with Gasteiger partial charge in [0.15, 0.2) is 6.10 Å². The van der Waals surface area contributed by atoms with E-state index in [0.29, 0.717) is 34.4 Å². The van der Waals surface area contributed by atoms with Gasteiger partial charge in [-0.25, -0.2) is 8.42 Å². The highest BCUT2D eigenvalue weighted by Crippen LogP contribution is 2.23. The highest BCUT2D eigenvalue weighted by molar-refractivity contribution is 7.92. The van der Waals surface area contributed by atoms with Gasteiger partial charge >= 0.3 is 5.97 Å². The van der Waals surface area contributed by atoms with Crippen molar-refractivity contribution in [1.82, 2.24) is 4.90 Å². The zero-order valence-corrected chi connectivity index (χ0v) is 20.8. The molecule has 2 aromatic carbocycles. The van der Waals surface area contributed by atoms with Gasteiger partial charge in [-0.15, -0.1) is 0 Å². The van der Waals surface area contributed by atoms with E-state index in [9.17, 15) is 18.0 Å². The van der Waals surface area contributed by atoms with Crippen molar-refractivity contribution in [3.8, 4) is 5.75 Å². The van der Waals surface area contributed by atoms with Crippen molar-refractivity contribution >= 4 is 50.8 Å². The minimum atomic E-state index is -3.38. The molecular weight excluding hydrogens is 491 g/mol. The van der Waals surface area contributed by atoms with E-state index in [1.165, 1.54) is 13.8 Å². The summed E-state index contributed by atoms with van der Waals surface area (Å²) in [7, 11) is -3.38. The van der Waals surface area contributed by atoms with Crippen LogP contribution in [0.25, 0.3) is 0 Å². The number of benzene rings is 2. The van der Waals surface area contributed by atoms with Crippen LogP contribution in [0.2, 0.25) is 10.0 Å². The van der Waals surface area contributed by atoms with Gasteiger partial charge in [-0.2, -0.15) is 0 Å². The Morgan fingerprint density at radius 1 is 1.06 bits per heavy atom. The predicted octanol–water partition coefficient (Wildman–Crippen LogP) is 3.77. The summed E-state index contributed by atoms with van der Waals surface area (Å²) in [4.78, 5) is 25.3. The molecule has 0 spiro atoms. The number of hydrogen-bond acceptors (Lipinski definition) is 6. The smallest absolute Gasteiger partial charge is 0.303 e. The van der Waals surface area contributed by atoms with Gasteiger partial charge in [-0.05, 0) is 48.4 Å². The zero-order valence-electron chi connectivity index (χ0n) is 18.5. The summed E-state index contributed by atoms with van der Waals surface area (Å²) < 4.78 is 36.0. The van der Waals surface area contributed by atoms with Crippen LogP contribution < -0.4 is 9.46 Å². The second-order valence-electron chi connectivity index (χ2n) is 7.40. The van der Waals surface area contributed by atoms with E-state index in [1.54, 1.807) is 41.3 Å². The van der Waals surface area contributed by atoms with E-state index in [-0.39, 0.29) is 19.1 Å². The number of anilines is 1. The van der Waals surface area contributed by atoms with Crippen molar-refractivity contribution in [2.24, 2.45) is 0 Å². The lowest BCUT2D eigenvalue weighted by atomic mass is 10.1. The van der Waals surface area contributed by atoms with Gasteiger partial charge in [-0.3, -0.25) is 14.3 Å². The summed E-state index contributed by atoms with van der Waals surface area (Å²) in [6.07, 6.45) is 0.900. The van der Waals surface area contributed by atoms with Crippen molar-refractivity contribution in [3.05, 3.63) is 58.1 Å². The Morgan fingerprint density at radius 3 is 2.27 bits per heavy atom. The number of hydrogen-bond donors (Lipinski definition) is 1. The highest BCUT2D eigenvalue weighted by Gasteiger charge is 2.20. The SMILES string of the molecule is CC(=O)O[C@H](COc1ccc(NS(C)(=O)=O)cc1)CN(CCc1ccc(Cl)c(Cl)c1)C(C)=O. The van der Waals surface area contributed by atoms with Gasteiger partial charge in [-0.1, -0.05) is 29.3 Å². The Kier molecular flexibility index (Phi) is 9.82. The number of carbonyl (C=O) groups excluding carboxylic acids is 2. The lowest BCUT2D eigenvalue weighted by molar-refractivity contribution is -0.151. The van der Waals surface area contributed by atoms with Crippen LogP contribution in [0.15, 0.2) is 42.5 Å². The molecule has 0 aliphatic carbocycles. The minimum Gasteiger partial charge on any atom is -0.490 e. The van der Waals surface area contributed by atoms with E-state index in [0.717, 1.165) is 11.8 Å². The summed E-state index contributed by atoms with van der Waals surface area (Å²) in [5.41, 5.74) is 1.31. The van der Waals surface area contributed by atoms with Crippen LogP contribution in [-0.4, -0.2) is 57.3 Å². The number of nitrogens with one attached hydrogen (secondary N) is 1. The Balaban J connectivity index is 2.00. The van der Waals surface area contributed by atoms with Crippen LogP contribution in [0.5, 0.6) is 5.75 Å². The predicted molar refractivity (Wildman–Crippen MR) is 128 cm³/mol. The molecule has 0 unspecified atom stereocenters. The van der Waals surface area contributed by atoms with Crippen LogP contribution in [0.1, 0.15) is 19.4 Å². The number of nitrogens with zero attached hydrogens (tertiary/aromatic N) is 1. The molecular formula is C22H26Cl2N2O6S. The molecule has 0 fully saturated rings. The lowest BCUT2D eigenvalue weighted by Crippen LogP contribution is -2.41. The van der Waals surface area contributed by atoms with Crippen molar-refractivity contribution < 1.29 is 27.5 Å². The zero-order chi connectivity index (χ0) is 24.6. The Bertz CT molecular complexity index is 1080. The van der Waals surface area contributed by atoms with Gasteiger partial charge in [0.1, 0.15) is 12.4 Å². The highest BCUT2D eigenvalue weighted by atomic mass is 35.5. The summed E-state index contributed by atoms with van der Waals surface area (Å²) in [6.45, 7) is 3.26. The number of amides is 1. The fraction of sp³-hybridized carbons (Fsp3) is 0.364. The average molecular weight is 517 g/mol. The van der Waals surface area contributed by atoms with Gasteiger partial charge in [0.2, 0.25) is 15.9 Å². The molecule has 0 aliphatic heterocycles. The van der Waals surface area contributed by atoms with Gasteiger partial charge < -0.3 is 14.4 Å². The van der Waals surface area contributed by atoms with E-state index in [1.807, 2.05) is 6.07 Å². The first kappa shape index (κ1) is 26.8. The quantitative estimate of drug-likeness (QED) is 0.456. The molecule has 180 valence electrons. The van der Waals surface area contributed by atoms with Crippen LogP contribution >= 0.6 is 23.2 Å². The normalized spacial score (nSPS) is 12.0. The molecule has 2 aromatic rings. The van der Waals surface area contributed by atoms with Crippen molar-refractivity contribution in [1.29, 1.82) is 0 Å². The maximum Gasteiger partial charge on any atom is 0.303 e. The molecule has 33 heavy (non-hydrogen) atoms. The molecule has 11 heteroatoms. The molecule has 0 radical (unpaired) electrons. The minimum absolute atomic E-state index is 0.00891. The lowest BCUT2D eigenvalue weighted by Gasteiger charge is -2.26. The molecule has 0 aliphatic rings. The summed E-state index contributed by atoms with van der Waals surface area (Å²) >= 11 is 12.0. The van der Waals surface area contributed by atoms with Crippen molar-refractivity contribution in [2.45, 2.75) is 26.4 Å². The third-order valence-electron chi connectivity index (χ3n) is 4.45. The summed E-state index contributed by atoms with van der Waals surface area (Å²) in [5.74, 6) is -0.218. The number of ether oxygens (including phenoxy) is 2. The second kappa shape index (κ2) is 12.1. The summed E-state index contributed by atoms with van der Waals surface area (Å²) in [5, 5.41) is 0.892. The molecule has 1 atom stereocenters. The molecule has 0 saturated heterocycles. The van der Waals surface area contributed by atoms with Gasteiger partial charge in [0.25, 0.3) is 0 Å². The molecule has 0 aromatic heterocycles. The van der Waals surface area contributed by atoms with E-state index < -0.39 is 22.1 Å². The van der Waals surface area contributed by atoms with Gasteiger partial charge in [0.05, 0.1) is 22.8 Å². The summed E-state index contributed by atoms with van der Waals surface area (Å²) in [6, 6.07) is 11.6. The fourth-order valence-electron chi connectivity index (χ4n) is 2.96. The first-order chi connectivity index (χ1) is 15.4. The molecule has 0 heterocycles. The standard InChI is InChI=1S/C22H26Cl2N2O6S/c1-15(27)26(11-10-17-4-9-21(23)22(24)12-17)13-20(32-16(2)28)14-31-19-7-5-18(6-8-19)25-33(3,29)30/h4-9,12,20,25H,10-11,13-14H2,1-3H3/t20-/m0/s1. The maximum absolute atomic E-state index is 12.2. The average Bonchev–Trinajstić information content (AvgIpc) is 2.71. The molecule has 2 rings (SSSR count). The number of rotatable bonds is 11. The molecule has 0 saturated carbocycles. The topological polar surface area (TPSA) is 102 Å². The first-order valence-corrected chi connectivity index (χ1v) is 12.6. The van der Waals surface area contributed by atoms with Crippen molar-refractivity contribution in [3.63, 3.8) is 0 Å². The molecule has 8 nitrogen and oxygen atoms in total. The monoisotopic (exact) mass is 516 g/mol. The van der Waals surface area contributed by atoms with Crippen LogP contribution in [0.3, 0.4) is 0 Å². The van der Waals surface area contributed by atoms with E-state index in [4.69, 9.17) is 32.7 Å². The van der Waals surface area contributed by atoms with E-state index in [2.05, 4.69) is 4.72 Å². The number of carbonyl (C=O) groups is 2. The third kappa shape index (κ3) is 9.89. The third-order valence-corrected chi connectivity index (χ3v) is 5.80. The van der Waals surface area contributed by atoms with Crippen molar-refractivity contribution in [2.75, 3.05) is 30.7 Å². The largest absolute Gasteiger partial charge is 0.490 e. The second-order valence-corrected chi connectivity index (χ2v) is 9.97. The van der Waals surface area contributed by atoms with Crippen LogP contribution in [0, 0.1) is 0 Å². The number of halogens is 2. The Morgan fingerprint density at radius 2 is 1.73 bits per heavy atom. The number of sulfonamides is 1. The molecule has 1 N–H and O–H groups in total. The van der Waals surface area contributed by atoms with Crippen LogP contribution in [0.4, 0.5) is 5.69 Å². The van der Waals surface area contributed by atoms with Gasteiger partial charge in [0, 0.05) is 26.1 Å². The maximum atomic E-state index is 12.2. The number of esters is 1. The van der Waals surface area contributed by atoms with E-state index >= 15 is 0 Å². The first-order valence-electron chi connectivity index (χ1n) is 10.0. The fourth-order valence-corrected chi connectivity index (χ4v) is 3.85. The Hall–Kier alpha value is -2.49. The Labute approximate surface area is 203 Å². The van der Waals surface area contributed by atoms with Crippen LogP contribution in [-0.2, 0) is 30.8 Å².